The second-order valence-corrected chi connectivity index (χ2v) is 8.05. The molecule has 3 rings (SSSR count). The van der Waals surface area contributed by atoms with Gasteiger partial charge in [0.1, 0.15) is 0 Å². The lowest BCUT2D eigenvalue weighted by Crippen LogP contribution is -2.32. The quantitative estimate of drug-likeness (QED) is 0.788. The van der Waals surface area contributed by atoms with Crippen molar-refractivity contribution in [3.05, 3.63) is 59.1 Å². The van der Waals surface area contributed by atoms with E-state index in [0.717, 1.165) is 12.8 Å². The fraction of sp³-hybridized carbons (Fsp3) is 0.278. The van der Waals surface area contributed by atoms with Crippen LogP contribution in [0.25, 0.3) is 0 Å². The van der Waals surface area contributed by atoms with Crippen LogP contribution >= 0.6 is 11.6 Å². The van der Waals surface area contributed by atoms with Crippen molar-refractivity contribution in [1.29, 1.82) is 0 Å². The summed E-state index contributed by atoms with van der Waals surface area (Å²) in [6.45, 7) is 1.10. The number of amides is 1. The Labute approximate surface area is 157 Å². The molecule has 1 atom stereocenters. The van der Waals surface area contributed by atoms with Gasteiger partial charge in [-0.1, -0.05) is 29.8 Å². The molecule has 26 heavy (non-hydrogen) atoms. The van der Waals surface area contributed by atoms with Crippen molar-refractivity contribution in [2.24, 2.45) is 0 Å². The van der Waals surface area contributed by atoms with Crippen LogP contribution in [0.4, 0.5) is 5.69 Å². The monoisotopic (exact) mass is 394 g/mol. The van der Waals surface area contributed by atoms with Crippen molar-refractivity contribution in [2.75, 3.05) is 17.9 Å². The molecule has 6 nitrogen and oxygen atoms in total. The summed E-state index contributed by atoms with van der Waals surface area (Å²) in [6, 6.07) is 12.4. The third-order valence-corrected chi connectivity index (χ3v) is 5.76. The summed E-state index contributed by atoms with van der Waals surface area (Å²) < 4.78 is 32.7. The molecule has 1 aliphatic rings. The number of rotatable bonds is 6. The van der Waals surface area contributed by atoms with Crippen LogP contribution in [0.1, 0.15) is 23.2 Å². The molecule has 2 N–H and O–H groups in total. The van der Waals surface area contributed by atoms with Crippen LogP contribution in [-0.2, 0) is 14.8 Å². The van der Waals surface area contributed by atoms with Gasteiger partial charge in [0, 0.05) is 18.8 Å². The van der Waals surface area contributed by atoms with E-state index in [1.807, 2.05) is 0 Å². The van der Waals surface area contributed by atoms with Crippen LogP contribution in [0, 0.1) is 0 Å². The number of benzene rings is 2. The Morgan fingerprint density at radius 3 is 2.65 bits per heavy atom. The molecule has 1 aliphatic heterocycles. The van der Waals surface area contributed by atoms with Crippen LogP contribution in [0.3, 0.4) is 0 Å². The topological polar surface area (TPSA) is 84.5 Å². The standard InChI is InChI=1S/C18H19ClN2O4S/c19-17-9-8-13(21-26(23,24)15-6-2-1-3-7-15)11-16(17)18(22)20-12-14-5-4-10-25-14/h1-3,6-9,11,14,21H,4-5,10,12H2,(H,20,22)/t14-/m0/s1. The Bertz CT molecular complexity index is 881. The summed E-state index contributed by atoms with van der Waals surface area (Å²) in [5.41, 5.74) is 0.471. The van der Waals surface area contributed by atoms with Gasteiger partial charge < -0.3 is 10.1 Å². The predicted molar refractivity (Wildman–Crippen MR) is 100 cm³/mol. The SMILES string of the molecule is O=C(NC[C@@H]1CCCO1)c1cc(NS(=O)(=O)c2ccccc2)ccc1Cl. The maximum absolute atomic E-state index is 12.4. The molecular formula is C18H19ClN2O4S. The van der Waals surface area contributed by atoms with Gasteiger partial charge in [-0.05, 0) is 43.2 Å². The number of carbonyl (C=O) groups excluding carboxylic acids is 1. The van der Waals surface area contributed by atoms with Crippen molar-refractivity contribution in [3.63, 3.8) is 0 Å². The van der Waals surface area contributed by atoms with Crippen molar-refractivity contribution in [3.8, 4) is 0 Å². The zero-order chi connectivity index (χ0) is 18.6. The summed E-state index contributed by atoms with van der Waals surface area (Å²) in [5.74, 6) is -0.369. The van der Waals surface area contributed by atoms with Gasteiger partial charge in [0.05, 0.1) is 21.6 Å². The molecule has 0 unspecified atom stereocenters. The van der Waals surface area contributed by atoms with Crippen LogP contribution in [0.5, 0.6) is 0 Å². The second-order valence-electron chi connectivity index (χ2n) is 5.96. The number of hydrogen-bond donors (Lipinski definition) is 2. The molecule has 0 spiro atoms. The van der Waals surface area contributed by atoms with Gasteiger partial charge in [-0.3, -0.25) is 9.52 Å². The molecular weight excluding hydrogens is 376 g/mol. The molecule has 1 heterocycles. The number of hydrogen-bond acceptors (Lipinski definition) is 4. The van der Waals surface area contributed by atoms with Crippen LogP contribution < -0.4 is 10.0 Å². The highest BCUT2D eigenvalue weighted by Gasteiger charge is 2.19. The average Bonchev–Trinajstić information content (AvgIpc) is 3.15. The van der Waals surface area contributed by atoms with Crippen molar-refractivity contribution in [2.45, 2.75) is 23.8 Å². The third kappa shape index (κ3) is 4.55. The predicted octanol–water partition coefficient (Wildman–Crippen LogP) is 3.05. The Morgan fingerprint density at radius 1 is 1.19 bits per heavy atom. The van der Waals surface area contributed by atoms with Crippen LogP contribution in [-0.4, -0.2) is 33.6 Å². The number of sulfonamides is 1. The van der Waals surface area contributed by atoms with Gasteiger partial charge >= 0.3 is 0 Å². The molecule has 2 aromatic carbocycles. The molecule has 2 aromatic rings. The first-order valence-corrected chi connectivity index (χ1v) is 10.1. The lowest BCUT2D eigenvalue weighted by Gasteiger charge is -2.13. The number of carbonyl (C=O) groups is 1. The average molecular weight is 395 g/mol. The number of halogens is 1. The minimum absolute atomic E-state index is 0.0116. The molecule has 1 fully saturated rings. The van der Waals surface area contributed by atoms with Gasteiger partial charge in [-0.25, -0.2) is 8.42 Å². The zero-order valence-electron chi connectivity index (χ0n) is 13.9. The van der Waals surface area contributed by atoms with Crippen LogP contribution in [0.2, 0.25) is 5.02 Å². The minimum atomic E-state index is -3.74. The van der Waals surface area contributed by atoms with Gasteiger partial charge in [-0.15, -0.1) is 0 Å². The molecule has 1 saturated heterocycles. The Morgan fingerprint density at radius 2 is 1.96 bits per heavy atom. The van der Waals surface area contributed by atoms with Gasteiger partial charge in [0.25, 0.3) is 15.9 Å². The first-order chi connectivity index (χ1) is 12.5. The first-order valence-electron chi connectivity index (χ1n) is 8.23. The molecule has 0 radical (unpaired) electrons. The Kier molecular flexibility index (Phi) is 5.80. The van der Waals surface area contributed by atoms with E-state index < -0.39 is 10.0 Å². The van der Waals surface area contributed by atoms with Gasteiger partial charge in [-0.2, -0.15) is 0 Å². The summed E-state index contributed by atoms with van der Waals surface area (Å²) >= 11 is 6.11. The van der Waals surface area contributed by atoms with E-state index in [1.54, 1.807) is 18.2 Å². The fourth-order valence-electron chi connectivity index (χ4n) is 2.68. The summed E-state index contributed by atoms with van der Waals surface area (Å²) in [5, 5.41) is 3.03. The van der Waals surface area contributed by atoms with E-state index in [4.69, 9.17) is 16.3 Å². The number of nitrogens with one attached hydrogen (secondary N) is 2. The van der Waals surface area contributed by atoms with Crippen LogP contribution in [0.15, 0.2) is 53.4 Å². The number of ether oxygens (including phenoxy) is 1. The highest BCUT2D eigenvalue weighted by atomic mass is 35.5. The highest BCUT2D eigenvalue weighted by Crippen LogP contribution is 2.23. The van der Waals surface area contributed by atoms with E-state index in [9.17, 15) is 13.2 Å². The smallest absolute Gasteiger partial charge is 0.261 e. The molecule has 138 valence electrons. The first kappa shape index (κ1) is 18.7. The van der Waals surface area contributed by atoms with Crippen molar-refractivity contribution < 1.29 is 17.9 Å². The summed E-state index contributed by atoms with van der Waals surface area (Å²) in [6.07, 6.45) is 1.90. The van der Waals surface area contributed by atoms with Gasteiger partial charge in [0.2, 0.25) is 0 Å². The highest BCUT2D eigenvalue weighted by molar-refractivity contribution is 7.92. The Hall–Kier alpha value is -2.09. The summed E-state index contributed by atoms with van der Waals surface area (Å²) in [4.78, 5) is 12.5. The van der Waals surface area contributed by atoms with Crippen molar-refractivity contribution >= 4 is 33.2 Å². The van der Waals surface area contributed by atoms with E-state index in [2.05, 4.69) is 10.0 Å². The van der Waals surface area contributed by atoms with E-state index in [1.165, 1.54) is 30.3 Å². The maximum atomic E-state index is 12.4. The molecule has 0 aromatic heterocycles. The largest absolute Gasteiger partial charge is 0.376 e. The lowest BCUT2D eigenvalue weighted by atomic mass is 10.2. The molecule has 8 heteroatoms. The normalized spacial score (nSPS) is 17.0. The molecule has 1 amide bonds. The molecule has 0 saturated carbocycles. The van der Waals surface area contributed by atoms with E-state index in [-0.39, 0.29) is 33.2 Å². The third-order valence-electron chi connectivity index (χ3n) is 4.03. The maximum Gasteiger partial charge on any atom is 0.261 e. The Balaban J connectivity index is 1.73. The van der Waals surface area contributed by atoms with E-state index in [0.29, 0.717) is 13.2 Å². The fourth-order valence-corrected chi connectivity index (χ4v) is 3.96. The number of anilines is 1. The lowest BCUT2D eigenvalue weighted by molar-refractivity contribution is 0.0858. The molecule has 0 bridgehead atoms. The minimum Gasteiger partial charge on any atom is -0.376 e. The zero-order valence-corrected chi connectivity index (χ0v) is 15.5. The summed E-state index contributed by atoms with van der Waals surface area (Å²) in [7, 11) is -3.74. The van der Waals surface area contributed by atoms with Gasteiger partial charge in [0.15, 0.2) is 0 Å². The van der Waals surface area contributed by atoms with Crippen molar-refractivity contribution in [1.82, 2.24) is 5.32 Å². The van der Waals surface area contributed by atoms with E-state index >= 15 is 0 Å². The second kappa shape index (κ2) is 8.07. The molecule has 0 aliphatic carbocycles.